The van der Waals surface area contributed by atoms with Gasteiger partial charge in [-0.25, -0.2) is 10.4 Å². The number of methoxy groups -OCH3 is 1. The van der Waals surface area contributed by atoms with Gasteiger partial charge < -0.3 is 9.84 Å². The van der Waals surface area contributed by atoms with Gasteiger partial charge in [0.2, 0.25) is 5.91 Å². The number of nitrogens with zero attached hydrogens (tertiary/aromatic N) is 2. The number of thiazole rings is 1. The highest BCUT2D eigenvalue weighted by Crippen LogP contribution is 2.28. The Morgan fingerprint density at radius 3 is 2.85 bits per heavy atom. The normalized spacial score (nSPS) is 10.8. The quantitative estimate of drug-likeness (QED) is 0.518. The second-order valence-electron chi connectivity index (χ2n) is 5.38. The van der Waals surface area contributed by atoms with E-state index >= 15 is 0 Å². The number of para-hydroxylation sites is 1. The van der Waals surface area contributed by atoms with E-state index in [2.05, 4.69) is 15.5 Å². The molecule has 2 N–H and O–H groups in total. The molecule has 0 radical (unpaired) electrons. The molecule has 0 bridgehead atoms. The van der Waals surface area contributed by atoms with Crippen LogP contribution in [0.5, 0.6) is 11.5 Å². The fourth-order valence-corrected chi connectivity index (χ4v) is 3.11. The summed E-state index contributed by atoms with van der Waals surface area (Å²) in [6, 6.07) is 14.8. The summed E-state index contributed by atoms with van der Waals surface area (Å²) in [4.78, 5) is 16.5. The van der Waals surface area contributed by atoms with Crippen LogP contribution in [0.25, 0.3) is 10.6 Å². The van der Waals surface area contributed by atoms with E-state index in [-0.39, 0.29) is 18.1 Å². The monoisotopic (exact) mass is 367 g/mol. The average Bonchev–Trinajstić information content (AvgIpc) is 3.12. The van der Waals surface area contributed by atoms with E-state index in [1.165, 1.54) is 24.7 Å². The summed E-state index contributed by atoms with van der Waals surface area (Å²) in [5.74, 6) is 0.0322. The Labute approximate surface area is 154 Å². The Morgan fingerprint density at radius 1 is 1.27 bits per heavy atom. The van der Waals surface area contributed by atoms with Crippen molar-refractivity contribution in [1.29, 1.82) is 0 Å². The second kappa shape index (κ2) is 8.26. The number of carbonyl (C=O) groups is 1. The van der Waals surface area contributed by atoms with Crippen LogP contribution in [0.3, 0.4) is 0 Å². The van der Waals surface area contributed by atoms with E-state index in [0.29, 0.717) is 17.0 Å². The number of amides is 1. The molecule has 6 nitrogen and oxygen atoms in total. The zero-order valence-corrected chi connectivity index (χ0v) is 14.9. The molecule has 0 saturated heterocycles. The molecule has 0 atom stereocenters. The highest BCUT2D eigenvalue weighted by Gasteiger charge is 2.09. The number of rotatable bonds is 6. The van der Waals surface area contributed by atoms with Crippen molar-refractivity contribution in [3.63, 3.8) is 0 Å². The molecule has 0 aliphatic heterocycles. The predicted molar refractivity (Wildman–Crippen MR) is 102 cm³/mol. The van der Waals surface area contributed by atoms with Crippen LogP contribution in [0, 0.1) is 0 Å². The minimum atomic E-state index is -0.284. The highest BCUT2D eigenvalue weighted by atomic mass is 32.1. The van der Waals surface area contributed by atoms with Crippen molar-refractivity contribution < 1.29 is 14.6 Å². The van der Waals surface area contributed by atoms with Crippen LogP contribution in [-0.4, -0.2) is 29.3 Å². The number of ether oxygens (including phenoxy) is 1. The van der Waals surface area contributed by atoms with Crippen LogP contribution in [0.4, 0.5) is 0 Å². The number of hydrogen-bond acceptors (Lipinski definition) is 6. The Morgan fingerprint density at radius 2 is 2.08 bits per heavy atom. The largest absolute Gasteiger partial charge is 0.504 e. The van der Waals surface area contributed by atoms with Gasteiger partial charge in [-0.15, -0.1) is 11.3 Å². The lowest BCUT2D eigenvalue weighted by molar-refractivity contribution is -0.120. The van der Waals surface area contributed by atoms with Gasteiger partial charge in [-0.1, -0.05) is 36.4 Å². The van der Waals surface area contributed by atoms with E-state index in [0.717, 1.165) is 10.6 Å². The number of nitrogens with one attached hydrogen (secondary N) is 1. The molecule has 0 aliphatic carbocycles. The van der Waals surface area contributed by atoms with Crippen molar-refractivity contribution >= 4 is 23.5 Å². The summed E-state index contributed by atoms with van der Waals surface area (Å²) in [6.07, 6.45) is 1.50. The average molecular weight is 367 g/mol. The number of carbonyl (C=O) groups excluding carboxylic acids is 1. The third kappa shape index (κ3) is 4.25. The maximum atomic E-state index is 12.0. The fourth-order valence-electron chi connectivity index (χ4n) is 2.29. The standard InChI is InChI=1S/C19H17N3O3S/c1-25-16-9-5-8-14(18(16)24)11-20-22-17(23)10-15-12-26-19(21-15)13-6-3-2-4-7-13/h2-9,11-12,24H,10H2,1H3,(H,22,23)/b20-11+. The van der Waals surface area contributed by atoms with Crippen LogP contribution >= 0.6 is 11.3 Å². The van der Waals surface area contributed by atoms with Gasteiger partial charge in [-0.2, -0.15) is 5.10 Å². The van der Waals surface area contributed by atoms with E-state index in [1.54, 1.807) is 18.2 Å². The van der Waals surface area contributed by atoms with Crippen molar-refractivity contribution in [2.24, 2.45) is 5.10 Å². The third-order valence-corrected chi connectivity index (χ3v) is 4.50. The summed E-state index contributed by atoms with van der Waals surface area (Å²) < 4.78 is 5.02. The lowest BCUT2D eigenvalue weighted by Gasteiger charge is -2.04. The van der Waals surface area contributed by atoms with Crippen LogP contribution in [0.1, 0.15) is 11.3 Å². The number of hydrazone groups is 1. The molecule has 26 heavy (non-hydrogen) atoms. The van der Waals surface area contributed by atoms with Crippen molar-refractivity contribution in [2.45, 2.75) is 6.42 Å². The van der Waals surface area contributed by atoms with Gasteiger partial charge in [0, 0.05) is 16.5 Å². The molecule has 0 aliphatic rings. The molecule has 0 fully saturated rings. The van der Waals surface area contributed by atoms with Crippen LogP contribution in [-0.2, 0) is 11.2 Å². The Kier molecular flexibility index (Phi) is 5.60. The molecule has 3 aromatic rings. The molecule has 3 rings (SSSR count). The Hall–Kier alpha value is -3.19. The lowest BCUT2D eigenvalue weighted by atomic mass is 10.2. The van der Waals surface area contributed by atoms with E-state index in [9.17, 15) is 9.90 Å². The maximum absolute atomic E-state index is 12.0. The molecular weight excluding hydrogens is 350 g/mol. The van der Waals surface area contributed by atoms with Crippen molar-refractivity contribution in [3.05, 3.63) is 65.2 Å². The predicted octanol–water partition coefficient (Wildman–Crippen LogP) is 3.22. The zero-order valence-electron chi connectivity index (χ0n) is 14.0. The molecule has 2 aromatic carbocycles. The topological polar surface area (TPSA) is 83.8 Å². The summed E-state index contributed by atoms with van der Waals surface area (Å²) in [6.45, 7) is 0. The SMILES string of the molecule is COc1cccc(/C=N/NC(=O)Cc2csc(-c3ccccc3)n2)c1O. The first kappa shape index (κ1) is 17.6. The smallest absolute Gasteiger partial charge is 0.246 e. The number of benzene rings is 2. The summed E-state index contributed by atoms with van der Waals surface area (Å²) in [5.41, 5.74) is 4.60. The van der Waals surface area contributed by atoms with Crippen molar-refractivity contribution in [2.75, 3.05) is 7.11 Å². The maximum Gasteiger partial charge on any atom is 0.246 e. The molecule has 0 saturated carbocycles. The van der Waals surface area contributed by atoms with E-state index in [1.807, 2.05) is 35.7 Å². The summed E-state index contributed by atoms with van der Waals surface area (Å²) in [7, 11) is 1.47. The molecule has 1 amide bonds. The van der Waals surface area contributed by atoms with Crippen molar-refractivity contribution in [1.82, 2.24) is 10.4 Å². The van der Waals surface area contributed by atoms with Gasteiger partial charge >= 0.3 is 0 Å². The molecule has 0 unspecified atom stereocenters. The summed E-state index contributed by atoms with van der Waals surface area (Å²) >= 11 is 1.49. The molecule has 1 heterocycles. The minimum Gasteiger partial charge on any atom is -0.504 e. The van der Waals surface area contributed by atoms with Gasteiger partial charge in [0.1, 0.15) is 5.01 Å². The van der Waals surface area contributed by atoms with E-state index < -0.39 is 0 Å². The number of aromatic hydroxyl groups is 1. The third-order valence-electron chi connectivity index (χ3n) is 3.56. The summed E-state index contributed by atoms with van der Waals surface area (Å²) in [5, 5.41) is 16.6. The first-order valence-electron chi connectivity index (χ1n) is 7.85. The Balaban J connectivity index is 1.59. The molecular formula is C19H17N3O3S. The van der Waals surface area contributed by atoms with Crippen LogP contribution in [0.15, 0.2) is 59.0 Å². The van der Waals surface area contributed by atoms with Crippen LogP contribution in [0.2, 0.25) is 0 Å². The molecule has 0 spiro atoms. The fraction of sp³-hybridized carbons (Fsp3) is 0.105. The van der Waals surface area contributed by atoms with Gasteiger partial charge in [0.25, 0.3) is 0 Å². The molecule has 1 aromatic heterocycles. The zero-order chi connectivity index (χ0) is 18.4. The van der Waals surface area contributed by atoms with Crippen LogP contribution < -0.4 is 10.2 Å². The Bertz CT molecular complexity index is 923. The first-order valence-corrected chi connectivity index (χ1v) is 8.73. The van der Waals surface area contributed by atoms with Gasteiger partial charge in [-0.05, 0) is 12.1 Å². The highest BCUT2D eigenvalue weighted by molar-refractivity contribution is 7.13. The first-order chi connectivity index (χ1) is 12.7. The van der Waals surface area contributed by atoms with Gasteiger partial charge in [-0.3, -0.25) is 4.79 Å². The molecule has 7 heteroatoms. The van der Waals surface area contributed by atoms with Crippen molar-refractivity contribution in [3.8, 4) is 22.1 Å². The lowest BCUT2D eigenvalue weighted by Crippen LogP contribution is -2.19. The number of phenolic OH excluding ortho intramolecular Hbond substituents is 1. The number of phenols is 1. The van der Waals surface area contributed by atoms with Gasteiger partial charge in [0.15, 0.2) is 11.5 Å². The van der Waals surface area contributed by atoms with Gasteiger partial charge in [0.05, 0.1) is 25.4 Å². The second-order valence-corrected chi connectivity index (χ2v) is 6.24. The van der Waals surface area contributed by atoms with E-state index in [4.69, 9.17) is 4.74 Å². The number of hydrogen-bond donors (Lipinski definition) is 2. The molecule has 132 valence electrons. The number of aromatic nitrogens is 1. The minimum absolute atomic E-state index is 0.0278.